The number of nitrogens with zero attached hydrogens (tertiary/aromatic N) is 2. The van der Waals surface area contributed by atoms with Crippen molar-refractivity contribution in [2.75, 3.05) is 0 Å². The number of nitrogens with one attached hydrogen (secondary N) is 1. The van der Waals surface area contributed by atoms with Crippen molar-refractivity contribution in [3.05, 3.63) is 53.3 Å². The molecule has 1 atom stereocenters. The highest BCUT2D eigenvalue weighted by atomic mass is 15.0. The van der Waals surface area contributed by atoms with E-state index in [1.807, 2.05) is 43.0 Å². The van der Waals surface area contributed by atoms with Crippen molar-refractivity contribution in [3.8, 4) is 0 Å². The fourth-order valence-corrected chi connectivity index (χ4v) is 2.51. The van der Waals surface area contributed by atoms with Crippen molar-refractivity contribution in [3.63, 3.8) is 0 Å². The summed E-state index contributed by atoms with van der Waals surface area (Å²) in [5.74, 6) is 0. The first-order valence-electron chi connectivity index (χ1n) is 5.27. The number of aromatic nitrogens is 1. The molecule has 0 amide bonds. The predicted molar refractivity (Wildman–Crippen MR) is 63.8 cm³/mol. The highest BCUT2D eigenvalue weighted by Crippen LogP contribution is 2.45. The van der Waals surface area contributed by atoms with Crippen LogP contribution in [0.4, 0.5) is 5.69 Å². The van der Waals surface area contributed by atoms with Gasteiger partial charge in [-0.1, -0.05) is 18.2 Å². The first kappa shape index (κ1) is 8.05. The largest absolute Gasteiger partial charge is 0.367 e. The van der Waals surface area contributed by atoms with Crippen LogP contribution in [-0.2, 0) is 5.54 Å². The lowest BCUT2D eigenvalue weighted by atomic mass is 9.87. The second kappa shape index (κ2) is 2.50. The smallest absolute Gasteiger partial charge is 0.150 e. The summed E-state index contributed by atoms with van der Waals surface area (Å²) in [5, 5.41) is 0. The molecule has 0 aliphatic carbocycles. The summed E-state index contributed by atoms with van der Waals surface area (Å²) in [6.07, 6.45) is 7.84. The number of fused-ring (bicyclic) bond motifs is 4. The molecular weight excluding hydrogens is 198 g/mol. The molecule has 16 heavy (non-hydrogen) atoms. The molecule has 0 radical (unpaired) electrons. The Morgan fingerprint density at radius 3 is 3.00 bits per heavy atom. The third-order valence-electron chi connectivity index (χ3n) is 3.30. The number of aromatic amines is 1. The van der Waals surface area contributed by atoms with Crippen molar-refractivity contribution in [1.29, 1.82) is 0 Å². The van der Waals surface area contributed by atoms with Crippen molar-refractivity contribution in [2.45, 2.75) is 5.54 Å². The third kappa shape index (κ3) is 0.758. The molecule has 1 aromatic carbocycles. The Kier molecular flexibility index (Phi) is 1.26. The molecule has 1 spiro atoms. The lowest BCUT2D eigenvalue weighted by molar-refractivity contribution is 0.788. The summed E-state index contributed by atoms with van der Waals surface area (Å²) in [7, 11) is 0. The fraction of sp³-hybridized carbons (Fsp3) is 0.0769. The molecule has 76 valence electrons. The SMILES string of the molecule is C1=Nc2ccccc2C12N=Cc1c[nH]cc12. The van der Waals surface area contributed by atoms with Crippen molar-refractivity contribution >= 4 is 18.1 Å². The van der Waals surface area contributed by atoms with Gasteiger partial charge in [0.1, 0.15) is 5.54 Å². The maximum Gasteiger partial charge on any atom is 0.150 e. The minimum absolute atomic E-state index is 0.369. The second-order valence-electron chi connectivity index (χ2n) is 4.12. The van der Waals surface area contributed by atoms with E-state index in [1.54, 1.807) is 0 Å². The van der Waals surface area contributed by atoms with Crippen LogP contribution in [0.3, 0.4) is 0 Å². The zero-order valence-corrected chi connectivity index (χ0v) is 8.51. The van der Waals surface area contributed by atoms with E-state index < -0.39 is 0 Å². The summed E-state index contributed by atoms with van der Waals surface area (Å²) in [4.78, 5) is 12.2. The standard InChI is InChI=1S/C13H9N3/c1-2-4-12-10(3-1)13(8-15-12)11-7-14-5-9(11)6-16-13/h1-8,14H. The second-order valence-corrected chi connectivity index (χ2v) is 4.12. The van der Waals surface area contributed by atoms with Crippen LogP contribution in [0.25, 0.3) is 0 Å². The van der Waals surface area contributed by atoms with Gasteiger partial charge >= 0.3 is 0 Å². The van der Waals surface area contributed by atoms with E-state index in [4.69, 9.17) is 0 Å². The molecule has 1 aromatic heterocycles. The number of rotatable bonds is 0. The minimum Gasteiger partial charge on any atom is -0.367 e. The fourth-order valence-electron chi connectivity index (χ4n) is 2.51. The van der Waals surface area contributed by atoms with Crippen LogP contribution in [0, 0.1) is 0 Å². The van der Waals surface area contributed by atoms with E-state index in [2.05, 4.69) is 21.0 Å². The molecule has 0 fully saturated rings. The highest BCUT2D eigenvalue weighted by molar-refractivity contribution is 5.99. The van der Waals surface area contributed by atoms with Gasteiger partial charge in [-0.2, -0.15) is 0 Å². The van der Waals surface area contributed by atoms with Crippen molar-refractivity contribution in [2.24, 2.45) is 9.98 Å². The van der Waals surface area contributed by atoms with E-state index in [9.17, 15) is 0 Å². The van der Waals surface area contributed by atoms with Gasteiger partial charge in [0.15, 0.2) is 0 Å². The molecule has 0 bridgehead atoms. The summed E-state index contributed by atoms with van der Waals surface area (Å²) >= 11 is 0. The molecule has 3 heteroatoms. The molecule has 0 saturated carbocycles. The maximum atomic E-state index is 4.64. The van der Waals surface area contributed by atoms with Crippen LogP contribution in [0.5, 0.6) is 0 Å². The van der Waals surface area contributed by atoms with Crippen LogP contribution >= 0.6 is 0 Å². The molecule has 1 N–H and O–H groups in total. The van der Waals surface area contributed by atoms with Gasteiger partial charge in [-0.25, -0.2) is 0 Å². The average molecular weight is 207 g/mol. The minimum atomic E-state index is -0.369. The predicted octanol–water partition coefficient (Wildman–Crippen LogP) is 2.41. The molecular formula is C13H9N3. The van der Waals surface area contributed by atoms with Crippen molar-refractivity contribution < 1.29 is 0 Å². The number of hydrogen-bond donors (Lipinski definition) is 1. The summed E-state index contributed by atoms with van der Waals surface area (Å²) in [6, 6.07) is 8.17. The van der Waals surface area contributed by atoms with E-state index in [1.165, 1.54) is 11.1 Å². The van der Waals surface area contributed by atoms with Crippen LogP contribution in [-0.4, -0.2) is 17.4 Å². The number of hydrogen-bond acceptors (Lipinski definition) is 2. The Hall–Kier alpha value is -2.16. The van der Waals surface area contributed by atoms with E-state index >= 15 is 0 Å². The molecule has 2 aliphatic rings. The van der Waals surface area contributed by atoms with Gasteiger partial charge in [0.05, 0.1) is 5.69 Å². The van der Waals surface area contributed by atoms with Gasteiger partial charge < -0.3 is 4.98 Å². The summed E-state index contributed by atoms with van der Waals surface area (Å²) in [6.45, 7) is 0. The normalized spacial score (nSPS) is 24.0. The molecule has 3 nitrogen and oxygen atoms in total. The first-order chi connectivity index (χ1) is 7.90. The molecule has 3 heterocycles. The van der Waals surface area contributed by atoms with E-state index in [-0.39, 0.29) is 5.54 Å². The summed E-state index contributed by atoms with van der Waals surface area (Å²) < 4.78 is 0. The Balaban J connectivity index is 2.06. The van der Waals surface area contributed by atoms with E-state index in [0.717, 1.165) is 11.3 Å². The van der Waals surface area contributed by atoms with E-state index in [0.29, 0.717) is 0 Å². The molecule has 2 aliphatic heterocycles. The molecule has 2 aromatic rings. The Morgan fingerprint density at radius 1 is 1.06 bits per heavy atom. The first-order valence-corrected chi connectivity index (χ1v) is 5.27. The van der Waals surface area contributed by atoms with Gasteiger partial charge in [-0.05, 0) is 6.07 Å². The number of para-hydroxylation sites is 1. The Labute approximate surface area is 92.6 Å². The molecule has 0 saturated heterocycles. The zero-order valence-electron chi connectivity index (χ0n) is 8.51. The lowest BCUT2D eigenvalue weighted by Crippen LogP contribution is -2.21. The van der Waals surface area contributed by atoms with Gasteiger partial charge in [-0.15, -0.1) is 0 Å². The van der Waals surface area contributed by atoms with Crippen molar-refractivity contribution in [1.82, 2.24) is 4.98 Å². The lowest BCUT2D eigenvalue weighted by Gasteiger charge is -2.18. The zero-order chi connectivity index (χ0) is 10.6. The quantitative estimate of drug-likeness (QED) is 0.689. The van der Waals surface area contributed by atoms with Gasteiger partial charge in [0.25, 0.3) is 0 Å². The van der Waals surface area contributed by atoms with Gasteiger partial charge in [0, 0.05) is 41.5 Å². The topological polar surface area (TPSA) is 40.5 Å². The van der Waals surface area contributed by atoms with Crippen LogP contribution in [0.15, 0.2) is 46.6 Å². The third-order valence-corrected chi connectivity index (χ3v) is 3.30. The summed E-state index contributed by atoms with van der Waals surface area (Å²) in [5.41, 5.74) is 4.18. The Morgan fingerprint density at radius 2 is 2.00 bits per heavy atom. The van der Waals surface area contributed by atoms with Gasteiger partial charge in [-0.3, -0.25) is 9.98 Å². The van der Waals surface area contributed by atoms with Crippen LogP contribution < -0.4 is 0 Å². The van der Waals surface area contributed by atoms with Gasteiger partial charge in [0.2, 0.25) is 0 Å². The van der Waals surface area contributed by atoms with Crippen LogP contribution in [0.1, 0.15) is 16.7 Å². The monoisotopic (exact) mass is 207 g/mol. The number of benzene rings is 1. The van der Waals surface area contributed by atoms with Crippen LogP contribution in [0.2, 0.25) is 0 Å². The maximum absolute atomic E-state index is 4.64. The average Bonchev–Trinajstić information content (AvgIpc) is 2.99. The Bertz CT molecular complexity index is 636. The number of H-pyrrole nitrogens is 1. The highest BCUT2D eigenvalue weighted by Gasteiger charge is 2.42. The molecule has 4 rings (SSSR count). The number of aliphatic imine (C=N–C) groups is 2. The molecule has 1 unspecified atom stereocenters.